The summed E-state index contributed by atoms with van der Waals surface area (Å²) in [5.74, 6) is -9.51. The summed E-state index contributed by atoms with van der Waals surface area (Å²) in [6, 6.07) is 9.93. The molecule has 8 atom stereocenters. The van der Waals surface area contributed by atoms with Crippen LogP contribution in [0.25, 0.3) is 22.3 Å². The number of aliphatic hydroxyl groups is 6. The van der Waals surface area contributed by atoms with E-state index in [9.17, 15) is 78.3 Å². The molecular formula is C56H67FN10O19. The molecule has 1 saturated heterocycles. The standard InChI is InChI=1S/C56H67FN10O19/c1-4-56(84)34-15-39-48-30(21-66(39)54(82)33(34)24-86-55(56)83)14-31-32(28(3)35(57)16-37(31)65-48)17-58-46(75)25-85-26-62-43(72)19-60-52(80)38(13-29-8-6-5-7-9-29)64-44(73)20-61-51(79)36(63-45(74)22-67-47(76)12-27(2)53(67)81)10-11-42(71)59-18-40(69)49(77)50(78)41(70)23-68/h5-9,14-16,27,36,38,40-41,49-50,68-70,77-78,84H,4,10-13,17-26H2,1-3H3,(H,58,75)(H,59,71)(H,60,80)(H,61,79)(H,62,72)(H,63,74)(H,64,73)/t27?,36-,38-,40-,41+,49+,50+,56-/m0/s1. The first-order chi connectivity index (χ1) is 40.8. The van der Waals surface area contributed by atoms with Crippen molar-refractivity contribution in [3.05, 3.63) is 98.1 Å². The third-order valence-electron chi connectivity index (χ3n) is 14.9. The number of nitrogens with one attached hydrogen (secondary N) is 7. The zero-order chi connectivity index (χ0) is 62.7. The first kappa shape index (κ1) is 64.9. The Balaban J connectivity index is 0.896. The average Bonchev–Trinajstić information content (AvgIpc) is 1.48. The summed E-state index contributed by atoms with van der Waals surface area (Å²) < 4.78 is 27.3. The Hall–Kier alpha value is -8.65. The smallest absolute Gasteiger partial charge is 0.343 e. The maximum atomic E-state index is 15.4. The fourth-order valence-electron chi connectivity index (χ4n) is 9.88. The van der Waals surface area contributed by atoms with Crippen LogP contribution in [-0.4, -0.2) is 187 Å². The molecule has 5 heterocycles. The number of aromatic nitrogens is 2. The number of amides is 9. The van der Waals surface area contributed by atoms with Crippen LogP contribution in [0.4, 0.5) is 4.39 Å². The number of carbonyl (C=O) groups excluding carboxylic acids is 10. The van der Waals surface area contributed by atoms with Crippen molar-refractivity contribution in [1.29, 1.82) is 0 Å². The molecule has 29 nitrogen and oxygen atoms in total. The first-order valence-electron chi connectivity index (χ1n) is 27.4. The second kappa shape index (κ2) is 28.5. The summed E-state index contributed by atoms with van der Waals surface area (Å²) in [4.78, 5) is 149. The van der Waals surface area contributed by atoms with Crippen LogP contribution in [0.3, 0.4) is 0 Å². The van der Waals surface area contributed by atoms with Crippen molar-refractivity contribution in [2.24, 2.45) is 5.92 Å². The van der Waals surface area contributed by atoms with Crippen LogP contribution in [0.15, 0.2) is 53.3 Å². The van der Waals surface area contributed by atoms with Crippen LogP contribution >= 0.6 is 0 Å². The summed E-state index contributed by atoms with van der Waals surface area (Å²) in [6.07, 6.45) is -8.92. The van der Waals surface area contributed by atoms with E-state index in [0.29, 0.717) is 38.4 Å². The summed E-state index contributed by atoms with van der Waals surface area (Å²) in [6.45, 7) is -0.712. The Morgan fingerprint density at radius 1 is 0.837 bits per heavy atom. The molecule has 4 aromatic rings. The molecule has 30 heteroatoms. The fraction of sp³-hybridized carbons (Fsp3) is 0.464. The van der Waals surface area contributed by atoms with E-state index in [0.717, 1.165) is 0 Å². The fourth-order valence-corrected chi connectivity index (χ4v) is 9.88. The van der Waals surface area contributed by atoms with Gasteiger partial charge in [-0.15, -0.1) is 0 Å². The Morgan fingerprint density at radius 2 is 1.51 bits per heavy atom. The van der Waals surface area contributed by atoms with Gasteiger partial charge >= 0.3 is 5.97 Å². The second-order valence-electron chi connectivity index (χ2n) is 20.9. The van der Waals surface area contributed by atoms with Gasteiger partial charge in [-0.1, -0.05) is 44.2 Å². The number of nitrogens with zero attached hydrogens (tertiary/aromatic N) is 3. The lowest BCUT2D eigenvalue weighted by molar-refractivity contribution is -0.172. The minimum atomic E-state index is -2.04. The predicted molar refractivity (Wildman–Crippen MR) is 294 cm³/mol. The Bertz CT molecular complexity index is 3370. The lowest BCUT2D eigenvalue weighted by Gasteiger charge is -2.31. The van der Waals surface area contributed by atoms with Crippen molar-refractivity contribution in [3.8, 4) is 11.4 Å². The van der Waals surface area contributed by atoms with Gasteiger partial charge in [0.15, 0.2) is 5.60 Å². The maximum Gasteiger partial charge on any atom is 0.343 e. The van der Waals surface area contributed by atoms with Gasteiger partial charge in [0.25, 0.3) is 5.56 Å². The third-order valence-corrected chi connectivity index (χ3v) is 14.9. The molecule has 3 aliphatic rings. The Kier molecular flexibility index (Phi) is 21.5. The normalized spacial score (nSPS) is 18.0. The zero-order valence-electron chi connectivity index (χ0n) is 47.0. The Morgan fingerprint density at radius 3 is 2.19 bits per heavy atom. The van der Waals surface area contributed by atoms with Crippen LogP contribution in [-0.2, 0) is 89.1 Å². The second-order valence-corrected chi connectivity index (χ2v) is 20.9. The molecule has 7 rings (SSSR count). The number of esters is 1. The molecule has 3 aliphatic heterocycles. The van der Waals surface area contributed by atoms with Crippen molar-refractivity contribution < 1.29 is 92.4 Å². The van der Waals surface area contributed by atoms with E-state index < -0.39 is 177 Å². The molecule has 9 amide bonds. The van der Waals surface area contributed by atoms with E-state index in [-0.39, 0.29) is 61.2 Å². The molecular weight excluding hydrogens is 1140 g/mol. The van der Waals surface area contributed by atoms with Gasteiger partial charge < -0.3 is 81.9 Å². The largest absolute Gasteiger partial charge is 0.458 e. The molecule has 0 aliphatic carbocycles. The number of rotatable bonds is 28. The predicted octanol–water partition coefficient (Wildman–Crippen LogP) is -4.59. The molecule has 0 saturated carbocycles. The van der Waals surface area contributed by atoms with Crippen molar-refractivity contribution in [2.45, 2.75) is 115 Å². The highest BCUT2D eigenvalue weighted by Gasteiger charge is 2.46. The van der Waals surface area contributed by atoms with Crippen LogP contribution in [0.1, 0.15) is 72.9 Å². The number of benzene rings is 2. The molecule has 0 radical (unpaired) electrons. The lowest BCUT2D eigenvalue weighted by atomic mass is 9.86. The van der Waals surface area contributed by atoms with E-state index in [1.165, 1.54) is 30.5 Å². The minimum absolute atomic E-state index is 0.0508. The molecule has 1 fully saturated rings. The van der Waals surface area contributed by atoms with E-state index >= 15 is 4.39 Å². The molecule has 0 bridgehead atoms. The summed E-state index contributed by atoms with van der Waals surface area (Å²) in [5.41, 5.74) is 0.399. The number of hydrogen-bond acceptors (Lipinski definition) is 20. The van der Waals surface area contributed by atoms with Gasteiger partial charge in [-0.3, -0.25) is 52.8 Å². The highest BCUT2D eigenvalue weighted by Crippen LogP contribution is 2.39. The first-order valence-corrected chi connectivity index (χ1v) is 27.4. The average molecular weight is 1200 g/mol. The maximum absolute atomic E-state index is 15.4. The topological polar surface area (TPSA) is 433 Å². The van der Waals surface area contributed by atoms with Crippen LogP contribution in [0.5, 0.6) is 0 Å². The van der Waals surface area contributed by atoms with Crippen LogP contribution < -0.4 is 42.8 Å². The number of fused-ring (bicyclic) bond motifs is 5. The number of aliphatic hydroxyl groups excluding tert-OH is 5. The van der Waals surface area contributed by atoms with E-state index in [1.54, 1.807) is 43.3 Å². The van der Waals surface area contributed by atoms with Gasteiger partial charge in [-0.25, -0.2) is 14.2 Å². The van der Waals surface area contributed by atoms with Gasteiger partial charge in [-0.05, 0) is 48.6 Å². The molecule has 2 aromatic heterocycles. The van der Waals surface area contributed by atoms with Gasteiger partial charge in [0, 0.05) is 60.8 Å². The van der Waals surface area contributed by atoms with Crippen LogP contribution in [0.2, 0.25) is 0 Å². The number of imide groups is 1. The number of cyclic esters (lactones) is 1. The zero-order valence-corrected chi connectivity index (χ0v) is 47.0. The molecule has 13 N–H and O–H groups in total. The summed E-state index contributed by atoms with van der Waals surface area (Å²) in [7, 11) is 0. The van der Waals surface area contributed by atoms with Gasteiger partial charge in [0.1, 0.15) is 62.7 Å². The highest BCUT2D eigenvalue weighted by molar-refractivity contribution is 6.06. The van der Waals surface area contributed by atoms with E-state index in [4.69, 9.17) is 19.6 Å². The van der Waals surface area contributed by atoms with Gasteiger partial charge in [0.05, 0.1) is 54.8 Å². The molecule has 86 heavy (non-hydrogen) atoms. The quantitative estimate of drug-likeness (QED) is 0.00970. The Labute approximate surface area is 489 Å². The number of halogens is 1. The number of carbonyl (C=O) groups is 10. The minimum Gasteiger partial charge on any atom is -0.458 e. The molecule has 0 spiro atoms. The van der Waals surface area contributed by atoms with E-state index in [2.05, 4.69) is 37.2 Å². The molecule has 2 aromatic carbocycles. The van der Waals surface area contributed by atoms with Gasteiger partial charge in [-0.2, -0.15) is 0 Å². The van der Waals surface area contributed by atoms with Crippen molar-refractivity contribution in [1.82, 2.24) is 51.7 Å². The molecule has 462 valence electrons. The highest BCUT2D eigenvalue weighted by atomic mass is 19.1. The van der Waals surface area contributed by atoms with Crippen molar-refractivity contribution in [3.63, 3.8) is 0 Å². The van der Waals surface area contributed by atoms with Crippen molar-refractivity contribution >= 4 is 70.0 Å². The van der Waals surface area contributed by atoms with Crippen molar-refractivity contribution in [2.75, 3.05) is 46.1 Å². The SMILES string of the molecule is CC[C@@]1(O)C(=O)OCc2c1cc1n(c2=O)Cc2cc3c(CNC(=O)COCNC(=O)CNC(=O)[C@H](Cc4ccccc4)NC(=O)CNC(=O)[C@H](CCC(=O)NC[C@H](O)[C@@H](O)[C@H](O)[C@H](O)CO)NC(=O)CN4C(=O)CC(C)C4=O)c(C)c(F)cc3nc2-1. The number of ether oxygens (including phenoxy) is 2. The lowest BCUT2D eigenvalue weighted by Crippen LogP contribution is -2.54. The monoisotopic (exact) mass is 1200 g/mol. The number of hydrogen-bond donors (Lipinski definition) is 13. The summed E-state index contributed by atoms with van der Waals surface area (Å²) in [5, 5.41) is 77.2. The van der Waals surface area contributed by atoms with Gasteiger partial charge in [0.2, 0.25) is 53.2 Å². The summed E-state index contributed by atoms with van der Waals surface area (Å²) >= 11 is 0. The van der Waals surface area contributed by atoms with E-state index in [1.807, 2.05) is 0 Å². The van der Waals surface area contributed by atoms with Crippen LogP contribution in [0, 0.1) is 18.7 Å². The number of likely N-dealkylation sites (tertiary alicyclic amines) is 1. The number of pyridine rings is 2. The third kappa shape index (κ3) is 15.2. The molecule has 1 unspecified atom stereocenters.